The van der Waals surface area contributed by atoms with E-state index >= 15 is 0 Å². The molecule has 0 saturated carbocycles. The average molecular weight is 378 g/mol. The summed E-state index contributed by atoms with van der Waals surface area (Å²) in [6.45, 7) is 2.70. The number of aromatic amines is 1. The molecule has 0 spiro atoms. The molecule has 1 aromatic carbocycles. The first-order valence-corrected chi connectivity index (χ1v) is 9.38. The minimum absolute atomic E-state index is 0.0986. The van der Waals surface area contributed by atoms with Gasteiger partial charge >= 0.3 is 0 Å². The molecule has 7 nitrogen and oxygen atoms in total. The molecule has 0 bridgehead atoms. The fraction of sp³-hybridized carbons (Fsp3) is 0.286. The summed E-state index contributed by atoms with van der Waals surface area (Å²) in [5.41, 5.74) is 2.96. The van der Waals surface area contributed by atoms with Gasteiger partial charge in [0.25, 0.3) is 11.8 Å². The van der Waals surface area contributed by atoms with Gasteiger partial charge in [-0.2, -0.15) is 0 Å². The van der Waals surface area contributed by atoms with E-state index in [0.717, 1.165) is 16.5 Å². The van der Waals surface area contributed by atoms with Crippen LogP contribution in [0.5, 0.6) is 0 Å². The second-order valence-corrected chi connectivity index (χ2v) is 6.70. The molecule has 1 fully saturated rings. The SMILES string of the molecule is O=C(NCCc1c[nH]c2ccccc12)c1cc(C(=O)N2CCOCC2)ccn1. The number of para-hydroxylation sites is 1. The molecular weight excluding hydrogens is 356 g/mol. The largest absolute Gasteiger partial charge is 0.378 e. The van der Waals surface area contributed by atoms with Gasteiger partial charge in [0.2, 0.25) is 0 Å². The molecule has 28 heavy (non-hydrogen) atoms. The Bertz CT molecular complexity index is 992. The van der Waals surface area contributed by atoms with Crippen LogP contribution in [0.3, 0.4) is 0 Å². The number of carbonyl (C=O) groups is 2. The minimum Gasteiger partial charge on any atom is -0.378 e. The summed E-state index contributed by atoms with van der Waals surface area (Å²) in [6.07, 6.45) is 4.18. The van der Waals surface area contributed by atoms with Crippen LogP contribution in [0, 0.1) is 0 Å². The van der Waals surface area contributed by atoms with E-state index in [9.17, 15) is 9.59 Å². The molecule has 0 radical (unpaired) electrons. The van der Waals surface area contributed by atoms with Crippen LogP contribution >= 0.6 is 0 Å². The van der Waals surface area contributed by atoms with Gasteiger partial charge in [-0.05, 0) is 30.2 Å². The zero-order valence-electron chi connectivity index (χ0n) is 15.5. The Balaban J connectivity index is 1.37. The molecule has 3 heterocycles. The molecule has 2 N–H and O–H groups in total. The predicted octanol–water partition coefficient (Wildman–Crippen LogP) is 2.01. The van der Waals surface area contributed by atoms with Gasteiger partial charge in [0.1, 0.15) is 5.69 Å². The van der Waals surface area contributed by atoms with E-state index in [1.165, 1.54) is 6.20 Å². The van der Waals surface area contributed by atoms with Crippen LogP contribution in [0.4, 0.5) is 0 Å². The number of morpholine rings is 1. The highest BCUT2D eigenvalue weighted by molar-refractivity contribution is 5.98. The molecule has 2 amide bonds. The van der Waals surface area contributed by atoms with Crippen molar-refractivity contribution < 1.29 is 14.3 Å². The van der Waals surface area contributed by atoms with Gasteiger partial charge < -0.3 is 19.9 Å². The lowest BCUT2D eigenvalue weighted by molar-refractivity contribution is 0.0303. The molecule has 4 rings (SSSR count). The van der Waals surface area contributed by atoms with Crippen LogP contribution in [0.1, 0.15) is 26.4 Å². The van der Waals surface area contributed by atoms with Crippen LogP contribution in [0.15, 0.2) is 48.8 Å². The third kappa shape index (κ3) is 3.89. The summed E-state index contributed by atoms with van der Waals surface area (Å²) in [5.74, 6) is -0.380. The maximum atomic E-state index is 12.6. The lowest BCUT2D eigenvalue weighted by Gasteiger charge is -2.26. The number of hydrogen-bond donors (Lipinski definition) is 2. The first-order chi connectivity index (χ1) is 13.7. The van der Waals surface area contributed by atoms with E-state index in [4.69, 9.17) is 4.74 Å². The molecule has 0 atom stereocenters. The summed E-state index contributed by atoms with van der Waals surface area (Å²) in [7, 11) is 0. The van der Waals surface area contributed by atoms with Crippen molar-refractivity contribution in [3.05, 3.63) is 65.6 Å². The number of nitrogens with zero attached hydrogens (tertiary/aromatic N) is 2. The smallest absolute Gasteiger partial charge is 0.269 e. The molecular formula is C21H22N4O3. The van der Waals surface area contributed by atoms with Crippen LogP contribution in [0.2, 0.25) is 0 Å². The molecule has 0 aliphatic carbocycles. The van der Waals surface area contributed by atoms with Crippen molar-refractivity contribution in [2.75, 3.05) is 32.8 Å². The lowest BCUT2D eigenvalue weighted by Crippen LogP contribution is -2.40. The zero-order chi connectivity index (χ0) is 19.3. The molecule has 144 valence electrons. The number of H-pyrrole nitrogens is 1. The van der Waals surface area contributed by atoms with Crippen LogP contribution in [-0.4, -0.2) is 59.5 Å². The normalized spacial score (nSPS) is 14.2. The second-order valence-electron chi connectivity index (χ2n) is 6.70. The molecule has 7 heteroatoms. The van der Waals surface area contributed by atoms with E-state index in [1.807, 2.05) is 24.4 Å². The fourth-order valence-corrected chi connectivity index (χ4v) is 3.38. The van der Waals surface area contributed by atoms with Crippen molar-refractivity contribution in [3.8, 4) is 0 Å². The Morgan fingerprint density at radius 2 is 2.00 bits per heavy atom. The number of aromatic nitrogens is 2. The zero-order valence-corrected chi connectivity index (χ0v) is 15.5. The number of amides is 2. The van der Waals surface area contributed by atoms with Crippen LogP contribution in [0.25, 0.3) is 10.9 Å². The second kappa shape index (κ2) is 8.22. The van der Waals surface area contributed by atoms with Gasteiger partial charge in [0.15, 0.2) is 0 Å². The van der Waals surface area contributed by atoms with Crippen LogP contribution in [-0.2, 0) is 11.2 Å². The van der Waals surface area contributed by atoms with Crippen molar-refractivity contribution in [1.82, 2.24) is 20.2 Å². The number of hydrogen-bond acceptors (Lipinski definition) is 4. The highest BCUT2D eigenvalue weighted by Gasteiger charge is 2.20. The molecule has 3 aromatic rings. The van der Waals surface area contributed by atoms with Gasteiger partial charge in [0.05, 0.1) is 13.2 Å². The number of carbonyl (C=O) groups excluding carboxylic acids is 2. The van der Waals surface area contributed by atoms with E-state index in [-0.39, 0.29) is 17.5 Å². The van der Waals surface area contributed by atoms with Crippen molar-refractivity contribution in [2.24, 2.45) is 0 Å². The number of nitrogens with one attached hydrogen (secondary N) is 2. The lowest BCUT2D eigenvalue weighted by atomic mass is 10.1. The van der Waals surface area contributed by atoms with E-state index in [0.29, 0.717) is 44.8 Å². The molecule has 1 aliphatic rings. The summed E-state index contributed by atoms with van der Waals surface area (Å²) in [5, 5.41) is 4.05. The topological polar surface area (TPSA) is 87.3 Å². The summed E-state index contributed by atoms with van der Waals surface area (Å²) >= 11 is 0. The molecule has 2 aromatic heterocycles. The van der Waals surface area contributed by atoms with Gasteiger partial charge in [-0.25, -0.2) is 0 Å². The summed E-state index contributed by atoms with van der Waals surface area (Å²) < 4.78 is 5.28. The average Bonchev–Trinajstić information content (AvgIpc) is 3.17. The van der Waals surface area contributed by atoms with E-state index in [2.05, 4.69) is 21.4 Å². The highest BCUT2D eigenvalue weighted by atomic mass is 16.5. The minimum atomic E-state index is -0.281. The third-order valence-electron chi connectivity index (χ3n) is 4.89. The van der Waals surface area contributed by atoms with E-state index < -0.39 is 0 Å². The third-order valence-corrected chi connectivity index (χ3v) is 4.89. The first kappa shape index (κ1) is 18.2. The number of benzene rings is 1. The van der Waals surface area contributed by atoms with Crippen molar-refractivity contribution in [3.63, 3.8) is 0 Å². The number of pyridine rings is 1. The quantitative estimate of drug-likeness (QED) is 0.711. The number of fused-ring (bicyclic) bond motifs is 1. The summed E-state index contributed by atoms with van der Waals surface area (Å²) in [6, 6.07) is 11.3. The Kier molecular flexibility index (Phi) is 5.34. The number of rotatable bonds is 5. The van der Waals surface area contributed by atoms with Gasteiger partial charge in [-0.15, -0.1) is 0 Å². The highest BCUT2D eigenvalue weighted by Crippen LogP contribution is 2.17. The molecule has 0 unspecified atom stereocenters. The Hall–Kier alpha value is -3.19. The van der Waals surface area contributed by atoms with Gasteiger partial charge in [-0.1, -0.05) is 18.2 Å². The van der Waals surface area contributed by atoms with Crippen LogP contribution < -0.4 is 5.32 Å². The van der Waals surface area contributed by atoms with E-state index in [1.54, 1.807) is 17.0 Å². The Morgan fingerprint density at radius 3 is 2.86 bits per heavy atom. The first-order valence-electron chi connectivity index (χ1n) is 9.38. The number of ether oxygens (including phenoxy) is 1. The monoisotopic (exact) mass is 378 g/mol. The Labute approximate surface area is 162 Å². The summed E-state index contributed by atoms with van der Waals surface area (Å²) in [4.78, 5) is 34.1. The van der Waals surface area contributed by atoms with Gasteiger partial charge in [0, 0.05) is 48.5 Å². The Morgan fingerprint density at radius 1 is 1.18 bits per heavy atom. The predicted molar refractivity (Wildman–Crippen MR) is 105 cm³/mol. The maximum absolute atomic E-state index is 12.6. The molecule has 1 aliphatic heterocycles. The maximum Gasteiger partial charge on any atom is 0.269 e. The van der Waals surface area contributed by atoms with Crippen molar-refractivity contribution >= 4 is 22.7 Å². The molecule has 1 saturated heterocycles. The standard InChI is InChI=1S/C21H22N4O3/c26-20(23-8-6-16-14-24-18-4-2-1-3-17(16)18)19-13-15(5-7-22-19)21(27)25-9-11-28-12-10-25/h1-5,7,13-14,24H,6,8-12H2,(H,23,26). The van der Waals surface area contributed by atoms with Crippen molar-refractivity contribution in [2.45, 2.75) is 6.42 Å². The van der Waals surface area contributed by atoms with Crippen molar-refractivity contribution in [1.29, 1.82) is 0 Å². The van der Waals surface area contributed by atoms with Gasteiger partial charge in [-0.3, -0.25) is 14.6 Å². The fourth-order valence-electron chi connectivity index (χ4n) is 3.38.